The molecule has 2 atom stereocenters. The summed E-state index contributed by atoms with van der Waals surface area (Å²) in [6.07, 6.45) is 7.38. The quantitative estimate of drug-likeness (QED) is 0.170. The smallest absolute Gasteiger partial charge is 0.188 e. The molecule has 5 heterocycles. The molecule has 8 nitrogen and oxygen atoms in total. The van der Waals surface area contributed by atoms with E-state index in [1.54, 1.807) is 9.97 Å². The molecule has 0 bridgehead atoms. The first-order chi connectivity index (χ1) is 19.0. The maximum Gasteiger partial charge on any atom is 0.188 e. The predicted molar refractivity (Wildman–Crippen MR) is 158 cm³/mol. The van der Waals surface area contributed by atoms with Crippen molar-refractivity contribution in [3.05, 3.63) is 71.7 Å². The molecule has 39 heavy (non-hydrogen) atoms. The molecule has 0 aliphatic carbocycles. The Morgan fingerprint density at radius 3 is 2.56 bits per heavy atom. The lowest BCUT2D eigenvalue weighted by atomic mass is 9.86. The van der Waals surface area contributed by atoms with E-state index in [9.17, 15) is 4.55 Å². The van der Waals surface area contributed by atoms with Gasteiger partial charge in [-0.05, 0) is 56.4 Å². The van der Waals surface area contributed by atoms with E-state index in [1.165, 1.54) is 17.5 Å². The van der Waals surface area contributed by atoms with Crippen LogP contribution in [0.5, 0.6) is 0 Å². The molecule has 10 heteroatoms. The zero-order valence-corrected chi connectivity index (χ0v) is 24.1. The van der Waals surface area contributed by atoms with Crippen LogP contribution in [0.2, 0.25) is 0 Å². The van der Waals surface area contributed by atoms with Crippen molar-refractivity contribution in [1.29, 1.82) is 0 Å². The van der Waals surface area contributed by atoms with Crippen LogP contribution in [0.3, 0.4) is 0 Å². The van der Waals surface area contributed by atoms with E-state index in [0.29, 0.717) is 11.7 Å². The van der Waals surface area contributed by atoms with Crippen molar-refractivity contribution in [3.8, 4) is 11.1 Å². The van der Waals surface area contributed by atoms with Crippen LogP contribution >= 0.6 is 11.9 Å². The molecular formula is C29H31N5O3S2. The van der Waals surface area contributed by atoms with Crippen molar-refractivity contribution in [2.45, 2.75) is 32.7 Å². The van der Waals surface area contributed by atoms with Gasteiger partial charge in [0.2, 0.25) is 0 Å². The van der Waals surface area contributed by atoms with E-state index in [1.807, 2.05) is 32.4 Å². The van der Waals surface area contributed by atoms with Gasteiger partial charge in [-0.15, -0.1) is 3.71 Å². The number of aryl methyl sites for hydroxylation is 2. The van der Waals surface area contributed by atoms with Crippen LogP contribution in [0.4, 0.5) is 5.82 Å². The molecule has 1 saturated heterocycles. The Labute approximate surface area is 235 Å². The fourth-order valence-electron chi connectivity index (χ4n) is 5.82. The summed E-state index contributed by atoms with van der Waals surface area (Å²) in [7, 11) is 0. The Morgan fingerprint density at radius 2 is 1.90 bits per heavy atom. The highest BCUT2D eigenvalue weighted by molar-refractivity contribution is 8.13. The average Bonchev–Trinajstić information content (AvgIpc) is 3.45. The predicted octanol–water partition coefficient (Wildman–Crippen LogP) is 6.25. The van der Waals surface area contributed by atoms with Gasteiger partial charge >= 0.3 is 0 Å². The van der Waals surface area contributed by atoms with Crippen LogP contribution < -0.4 is 3.71 Å². The third-order valence-corrected chi connectivity index (χ3v) is 9.76. The number of fused-ring (bicyclic) bond motifs is 3. The number of hydrogen-bond donors (Lipinski definition) is 0. The van der Waals surface area contributed by atoms with Crippen molar-refractivity contribution in [3.63, 3.8) is 0 Å². The zero-order valence-electron chi connectivity index (χ0n) is 22.5. The number of aromatic nitrogens is 4. The second-order valence-electron chi connectivity index (χ2n) is 9.87. The summed E-state index contributed by atoms with van der Waals surface area (Å²) in [6.45, 7) is 5.36. The fraction of sp³-hybridized carbons (Fsp3) is 0.345. The summed E-state index contributed by atoms with van der Waals surface area (Å²) in [4.78, 5) is 10.1. The number of rotatable bonds is 7. The minimum absolute atomic E-state index is 0.0226. The third kappa shape index (κ3) is 4.69. The van der Waals surface area contributed by atoms with Crippen LogP contribution in [0.15, 0.2) is 59.3 Å². The first-order valence-electron chi connectivity index (χ1n) is 13.0. The lowest BCUT2D eigenvalue weighted by Crippen LogP contribution is -2.27. The Hall–Kier alpha value is -3.05. The van der Waals surface area contributed by atoms with E-state index in [0.717, 1.165) is 70.7 Å². The Balaban J connectivity index is 1.67. The highest BCUT2D eigenvalue weighted by Gasteiger charge is 2.31. The normalized spacial score (nSPS) is 16.1. The van der Waals surface area contributed by atoms with Gasteiger partial charge < -0.3 is 18.4 Å². The molecule has 0 radical (unpaired) electrons. The van der Waals surface area contributed by atoms with Crippen molar-refractivity contribution >= 4 is 51.2 Å². The van der Waals surface area contributed by atoms with Crippen molar-refractivity contribution in [1.82, 2.24) is 19.7 Å². The summed E-state index contributed by atoms with van der Waals surface area (Å²) in [5.74, 6) is 1.77. The number of ether oxygens (including phenoxy) is 1. The second kappa shape index (κ2) is 10.8. The molecule has 202 valence electrons. The summed E-state index contributed by atoms with van der Waals surface area (Å²) < 4.78 is 27.9. The molecule has 2 unspecified atom stereocenters. The van der Waals surface area contributed by atoms with E-state index < -0.39 is 11.4 Å². The number of nitrogens with zero attached hydrogens (tertiary/aromatic N) is 5. The van der Waals surface area contributed by atoms with E-state index >= 15 is 0 Å². The van der Waals surface area contributed by atoms with E-state index in [2.05, 4.69) is 52.2 Å². The van der Waals surface area contributed by atoms with Crippen LogP contribution in [-0.2, 0) is 16.1 Å². The van der Waals surface area contributed by atoms with Gasteiger partial charge in [0.1, 0.15) is 17.7 Å². The van der Waals surface area contributed by atoms with Crippen molar-refractivity contribution in [2.75, 3.05) is 29.4 Å². The van der Waals surface area contributed by atoms with Gasteiger partial charge in [-0.2, -0.15) is 0 Å². The monoisotopic (exact) mass is 561 g/mol. The molecule has 1 aromatic carbocycles. The van der Waals surface area contributed by atoms with Crippen LogP contribution in [0.1, 0.15) is 35.9 Å². The molecular weight excluding hydrogens is 530 g/mol. The minimum Gasteiger partial charge on any atom is -0.592 e. The number of pyridine rings is 2. The molecule has 4 aromatic heterocycles. The maximum atomic E-state index is 12.5. The number of benzene rings is 1. The molecule has 0 N–H and O–H groups in total. The first kappa shape index (κ1) is 26.2. The summed E-state index contributed by atoms with van der Waals surface area (Å²) in [5, 5.41) is 5.15. The molecule has 0 spiro atoms. The van der Waals surface area contributed by atoms with E-state index in [-0.39, 0.29) is 6.04 Å². The largest absolute Gasteiger partial charge is 0.592 e. The Kier molecular flexibility index (Phi) is 7.28. The zero-order chi connectivity index (χ0) is 27.1. The van der Waals surface area contributed by atoms with Gasteiger partial charge in [0, 0.05) is 54.1 Å². The Morgan fingerprint density at radius 1 is 1.13 bits per heavy atom. The van der Waals surface area contributed by atoms with Crippen molar-refractivity contribution in [2.24, 2.45) is 5.92 Å². The van der Waals surface area contributed by atoms with Gasteiger partial charge in [-0.3, -0.25) is 4.98 Å². The summed E-state index contributed by atoms with van der Waals surface area (Å²) in [5.41, 5.74) is 6.70. The van der Waals surface area contributed by atoms with Gasteiger partial charge in [0.05, 0.1) is 34.1 Å². The lowest BCUT2D eigenvalue weighted by Gasteiger charge is -2.33. The standard InChI is InChI=1S/C29H31N5O3S2/c1-18-26(19(2)37-32-18)22-16-24-27(30-17-22)23-10-11-25(34(38-3)39(4)35)31-29(23)33(24)28(20-8-6-5-7-9-20)21-12-14-36-15-13-21/h5-11,16-17,21,28H,12-15H2,1-4H3. The summed E-state index contributed by atoms with van der Waals surface area (Å²) >= 11 is 0.174. The Bertz CT molecular complexity index is 1590. The van der Waals surface area contributed by atoms with Gasteiger partial charge in [-0.25, -0.2) is 4.98 Å². The van der Waals surface area contributed by atoms with Crippen LogP contribution in [-0.4, -0.2) is 50.0 Å². The third-order valence-electron chi connectivity index (χ3n) is 7.51. The highest BCUT2D eigenvalue weighted by Crippen LogP contribution is 2.41. The maximum absolute atomic E-state index is 12.5. The molecule has 6 rings (SSSR count). The topological polar surface area (TPSA) is 92.3 Å². The average molecular weight is 562 g/mol. The van der Waals surface area contributed by atoms with E-state index in [4.69, 9.17) is 19.2 Å². The van der Waals surface area contributed by atoms with Gasteiger partial charge in [0.25, 0.3) is 0 Å². The molecule has 1 fully saturated rings. The lowest BCUT2D eigenvalue weighted by molar-refractivity contribution is 0.0552. The first-order valence-corrected chi connectivity index (χ1v) is 15.7. The molecule has 0 saturated carbocycles. The number of anilines is 1. The van der Waals surface area contributed by atoms with Crippen molar-refractivity contribution < 1.29 is 13.8 Å². The molecule has 1 aliphatic heterocycles. The van der Waals surface area contributed by atoms with Gasteiger partial charge in [-0.1, -0.05) is 35.5 Å². The fourth-order valence-corrected chi connectivity index (χ4v) is 7.32. The molecule has 1 aliphatic rings. The van der Waals surface area contributed by atoms with Crippen LogP contribution in [0.25, 0.3) is 33.2 Å². The minimum atomic E-state index is -1.23. The SMILES string of the molecule is CSN(c1ccc2c3ncc(-c4c(C)noc4C)cc3n(C(c3ccccc3)C3CCOCC3)c2n1)[S+](C)[O-]. The second-order valence-corrected chi connectivity index (χ2v) is 12.0. The number of hydrogen-bond acceptors (Lipinski definition) is 8. The van der Waals surface area contributed by atoms with Gasteiger partial charge in [0.15, 0.2) is 5.82 Å². The van der Waals surface area contributed by atoms with Crippen LogP contribution in [0, 0.1) is 19.8 Å². The highest BCUT2D eigenvalue weighted by atomic mass is 32.3. The summed E-state index contributed by atoms with van der Waals surface area (Å²) in [6, 6.07) is 16.8. The molecule has 5 aromatic rings. The molecule has 0 amide bonds.